The Morgan fingerprint density at radius 2 is 1.52 bits per heavy atom. The zero-order chi connectivity index (χ0) is 17.4. The third-order valence-electron chi connectivity index (χ3n) is 2.83. The quantitative estimate of drug-likeness (QED) is 0.847. The van der Waals surface area contributed by atoms with E-state index in [4.69, 9.17) is 10.2 Å². The number of carbonyl (C=O) groups excluding carboxylic acids is 2. The molecule has 0 aliphatic heterocycles. The molecule has 2 aromatic carbocycles. The number of ketones is 2. The summed E-state index contributed by atoms with van der Waals surface area (Å²) >= 11 is 3.30. The standard InChI is InChI=1S/C9H9BrO2.C9H10O2/c1-6(11)4-7-5-8(12)2-3-9(7)10;1-7(10)5-8-3-2-4-9(11)6-8/h2-3,5,12H,4H2,1H3;2-4,6,11H,5H2,1H3. The van der Waals surface area contributed by atoms with Crippen molar-refractivity contribution in [3.8, 4) is 11.5 Å². The third kappa shape index (κ3) is 7.61. The molecule has 0 spiro atoms. The van der Waals surface area contributed by atoms with E-state index >= 15 is 0 Å². The van der Waals surface area contributed by atoms with Crippen molar-refractivity contribution >= 4 is 27.5 Å². The first-order valence-corrected chi connectivity index (χ1v) is 7.81. The number of hydrogen-bond donors (Lipinski definition) is 2. The van der Waals surface area contributed by atoms with Crippen LogP contribution in [0.25, 0.3) is 0 Å². The Balaban J connectivity index is 0.000000231. The van der Waals surface area contributed by atoms with E-state index in [9.17, 15) is 9.59 Å². The van der Waals surface area contributed by atoms with E-state index in [0.29, 0.717) is 12.8 Å². The Morgan fingerprint density at radius 1 is 0.913 bits per heavy atom. The Bertz CT molecular complexity index is 695. The van der Waals surface area contributed by atoms with E-state index in [1.165, 1.54) is 13.8 Å². The fourth-order valence-corrected chi connectivity index (χ4v) is 2.31. The molecule has 0 heterocycles. The lowest BCUT2D eigenvalue weighted by atomic mass is 10.1. The number of benzene rings is 2. The van der Waals surface area contributed by atoms with E-state index < -0.39 is 0 Å². The summed E-state index contributed by atoms with van der Waals surface area (Å²) in [6, 6.07) is 11.6. The SMILES string of the molecule is CC(=O)Cc1cc(O)ccc1Br.CC(=O)Cc1cccc(O)c1. The molecule has 0 aliphatic carbocycles. The van der Waals surface area contributed by atoms with Gasteiger partial charge >= 0.3 is 0 Å². The van der Waals surface area contributed by atoms with Crippen LogP contribution in [0.4, 0.5) is 0 Å². The average Bonchev–Trinajstić information content (AvgIpc) is 2.42. The second-order valence-corrected chi connectivity index (χ2v) is 6.06. The van der Waals surface area contributed by atoms with Crippen molar-refractivity contribution in [2.45, 2.75) is 26.7 Å². The number of Topliss-reactive ketones (excluding diaryl/α,β-unsaturated/α-hetero) is 2. The van der Waals surface area contributed by atoms with Gasteiger partial charge < -0.3 is 10.2 Å². The van der Waals surface area contributed by atoms with Crippen molar-refractivity contribution in [1.82, 2.24) is 0 Å². The Hall–Kier alpha value is -2.14. The van der Waals surface area contributed by atoms with Crippen molar-refractivity contribution in [2.24, 2.45) is 0 Å². The van der Waals surface area contributed by atoms with Gasteiger partial charge in [-0.2, -0.15) is 0 Å². The highest BCUT2D eigenvalue weighted by atomic mass is 79.9. The van der Waals surface area contributed by atoms with Gasteiger partial charge in [0, 0.05) is 17.3 Å². The summed E-state index contributed by atoms with van der Waals surface area (Å²) in [6.07, 6.45) is 0.753. The summed E-state index contributed by atoms with van der Waals surface area (Å²) in [6.45, 7) is 3.06. The maximum Gasteiger partial charge on any atom is 0.134 e. The molecular formula is C18H19BrO4. The smallest absolute Gasteiger partial charge is 0.134 e. The largest absolute Gasteiger partial charge is 0.508 e. The maximum absolute atomic E-state index is 10.8. The minimum absolute atomic E-state index is 0.0845. The lowest BCUT2D eigenvalue weighted by Gasteiger charge is -2.01. The Morgan fingerprint density at radius 3 is 2.09 bits per heavy atom. The van der Waals surface area contributed by atoms with Gasteiger partial charge in [0.25, 0.3) is 0 Å². The highest BCUT2D eigenvalue weighted by Crippen LogP contribution is 2.22. The van der Waals surface area contributed by atoms with Crippen molar-refractivity contribution in [3.63, 3.8) is 0 Å². The molecule has 122 valence electrons. The number of phenols is 2. The van der Waals surface area contributed by atoms with E-state index in [-0.39, 0.29) is 23.1 Å². The predicted molar refractivity (Wildman–Crippen MR) is 92.7 cm³/mol. The summed E-state index contributed by atoms with van der Waals surface area (Å²) < 4.78 is 0.857. The molecule has 0 atom stereocenters. The lowest BCUT2D eigenvalue weighted by molar-refractivity contribution is -0.117. The van der Waals surface area contributed by atoms with Gasteiger partial charge in [-0.1, -0.05) is 28.1 Å². The fourth-order valence-electron chi connectivity index (χ4n) is 1.92. The van der Waals surface area contributed by atoms with Crippen LogP contribution >= 0.6 is 15.9 Å². The molecule has 0 unspecified atom stereocenters. The minimum Gasteiger partial charge on any atom is -0.508 e. The van der Waals surface area contributed by atoms with Crippen molar-refractivity contribution in [1.29, 1.82) is 0 Å². The first-order valence-electron chi connectivity index (χ1n) is 7.02. The molecule has 23 heavy (non-hydrogen) atoms. The first kappa shape index (κ1) is 18.9. The van der Waals surface area contributed by atoms with Gasteiger partial charge in [-0.3, -0.25) is 9.59 Å². The van der Waals surface area contributed by atoms with Gasteiger partial charge in [0.1, 0.15) is 23.1 Å². The number of rotatable bonds is 4. The normalized spacial score (nSPS) is 9.70. The lowest BCUT2D eigenvalue weighted by Crippen LogP contribution is -1.96. The molecule has 4 nitrogen and oxygen atoms in total. The number of phenolic OH excluding ortho intramolecular Hbond substituents is 2. The Labute approximate surface area is 143 Å². The van der Waals surface area contributed by atoms with Crippen LogP contribution in [0.2, 0.25) is 0 Å². The second-order valence-electron chi connectivity index (χ2n) is 5.20. The topological polar surface area (TPSA) is 74.6 Å². The van der Waals surface area contributed by atoms with Crippen LogP contribution in [0.5, 0.6) is 11.5 Å². The fraction of sp³-hybridized carbons (Fsp3) is 0.222. The van der Waals surface area contributed by atoms with Gasteiger partial charge in [0.15, 0.2) is 0 Å². The summed E-state index contributed by atoms with van der Waals surface area (Å²) in [4.78, 5) is 21.4. The molecule has 0 saturated heterocycles. The molecule has 2 aromatic rings. The molecule has 2 N–H and O–H groups in total. The molecule has 5 heteroatoms. The number of aromatic hydroxyl groups is 2. The molecule has 0 amide bonds. The zero-order valence-corrected chi connectivity index (χ0v) is 14.6. The average molecular weight is 379 g/mol. The van der Waals surface area contributed by atoms with E-state index in [1.807, 2.05) is 6.07 Å². The Kier molecular flexibility index (Phi) is 7.48. The van der Waals surface area contributed by atoms with Crippen molar-refractivity contribution in [3.05, 3.63) is 58.1 Å². The molecule has 0 aromatic heterocycles. The van der Waals surface area contributed by atoms with Gasteiger partial charge in [-0.25, -0.2) is 0 Å². The van der Waals surface area contributed by atoms with E-state index in [1.54, 1.807) is 36.4 Å². The molecule has 0 radical (unpaired) electrons. The van der Waals surface area contributed by atoms with Gasteiger partial charge in [0.2, 0.25) is 0 Å². The summed E-state index contributed by atoms with van der Waals surface area (Å²) in [7, 11) is 0. The predicted octanol–water partition coefficient (Wildman–Crippen LogP) is 3.81. The van der Waals surface area contributed by atoms with Gasteiger partial charge in [-0.05, 0) is 55.3 Å². The molecule has 0 fully saturated rings. The minimum atomic E-state index is 0.0845. The molecular weight excluding hydrogens is 360 g/mol. The molecule has 0 saturated carbocycles. The van der Waals surface area contributed by atoms with Crippen LogP contribution in [0.1, 0.15) is 25.0 Å². The van der Waals surface area contributed by atoms with Crippen LogP contribution < -0.4 is 0 Å². The van der Waals surface area contributed by atoms with Crippen LogP contribution in [0, 0.1) is 0 Å². The van der Waals surface area contributed by atoms with E-state index in [0.717, 1.165) is 15.6 Å². The van der Waals surface area contributed by atoms with Crippen molar-refractivity contribution < 1.29 is 19.8 Å². The maximum atomic E-state index is 10.8. The number of hydrogen-bond acceptors (Lipinski definition) is 4. The van der Waals surface area contributed by atoms with Crippen LogP contribution in [-0.4, -0.2) is 21.8 Å². The third-order valence-corrected chi connectivity index (χ3v) is 3.61. The van der Waals surface area contributed by atoms with Crippen molar-refractivity contribution in [2.75, 3.05) is 0 Å². The monoisotopic (exact) mass is 378 g/mol. The molecule has 0 bridgehead atoms. The van der Waals surface area contributed by atoms with Gasteiger partial charge in [0.05, 0.1) is 0 Å². The summed E-state index contributed by atoms with van der Waals surface area (Å²) in [5, 5.41) is 18.1. The highest BCUT2D eigenvalue weighted by Gasteiger charge is 2.03. The number of halogens is 1. The highest BCUT2D eigenvalue weighted by molar-refractivity contribution is 9.10. The first-order chi connectivity index (χ1) is 10.8. The van der Waals surface area contributed by atoms with E-state index in [2.05, 4.69) is 15.9 Å². The van der Waals surface area contributed by atoms with Crippen LogP contribution in [0.15, 0.2) is 46.9 Å². The molecule has 0 aliphatic rings. The van der Waals surface area contributed by atoms with Crippen LogP contribution in [0.3, 0.4) is 0 Å². The van der Waals surface area contributed by atoms with Crippen LogP contribution in [-0.2, 0) is 22.4 Å². The number of carbonyl (C=O) groups is 2. The summed E-state index contributed by atoms with van der Waals surface area (Å²) in [5.41, 5.74) is 1.68. The van der Waals surface area contributed by atoms with Gasteiger partial charge in [-0.15, -0.1) is 0 Å². The second kappa shape index (κ2) is 9.10. The zero-order valence-electron chi connectivity index (χ0n) is 13.0. The summed E-state index contributed by atoms with van der Waals surface area (Å²) in [5.74, 6) is 0.593. The molecule has 2 rings (SSSR count).